The van der Waals surface area contributed by atoms with Crippen LogP contribution < -0.4 is 0 Å². The Kier molecular flexibility index (Phi) is 2.90. The molecule has 0 bridgehead atoms. The fourth-order valence-electron chi connectivity index (χ4n) is 1.86. The largest absolute Gasteiger partial charge is 0.478 e. The van der Waals surface area contributed by atoms with Crippen molar-refractivity contribution in [2.75, 3.05) is 0 Å². The van der Waals surface area contributed by atoms with Gasteiger partial charge >= 0.3 is 5.97 Å². The maximum atomic E-state index is 10.7. The molecule has 0 aromatic carbocycles. The topological polar surface area (TPSA) is 50.4 Å². The summed E-state index contributed by atoms with van der Waals surface area (Å²) in [5.41, 5.74) is 1.38. The Morgan fingerprint density at radius 1 is 1.33 bits per heavy atom. The van der Waals surface area contributed by atoms with Crippen LogP contribution in [0.15, 0.2) is 22.8 Å². The zero-order valence-corrected chi connectivity index (χ0v) is 8.53. The van der Waals surface area contributed by atoms with Crippen molar-refractivity contribution in [2.24, 2.45) is 0 Å². The lowest BCUT2D eigenvalue weighted by Crippen LogP contribution is -1.91. The molecule has 0 atom stereocenters. The van der Waals surface area contributed by atoms with Crippen LogP contribution in [-0.4, -0.2) is 11.1 Å². The predicted octanol–water partition coefficient (Wildman–Crippen LogP) is 3.33. The second kappa shape index (κ2) is 4.34. The van der Waals surface area contributed by atoms with Crippen molar-refractivity contribution in [3.05, 3.63) is 29.7 Å². The van der Waals surface area contributed by atoms with Crippen LogP contribution in [-0.2, 0) is 0 Å². The van der Waals surface area contributed by atoms with Gasteiger partial charge in [0.25, 0.3) is 0 Å². The quantitative estimate of drug-likeness (QED) is 0.807. The molecule has 0 amide bonds. The smallest absolute Gasteiger partial charge is 0.338 e. The molecule has 1 aliphatic rings. The van der Waals surface area contributed by atoms with E-state index in [0.717, 1.165) is 24.8 Å². The monoisotopic (exact) mass is 206 g/mol. The summed E-state index contributed by atoms with van der Waals surface area (Å²) < 4.78 is 5.27. The molecular weight excluding hydrogens is 192 g/mol. The van der Waals surface area contributed by atoms with Crippen molar-refractivity contribution in [1.29, 1.82) is 0 Å². The molecule has 0 spiro atoms. The van der Waals surface area contributed by atoms with Crippen LogP contribution in [0.5, 0.6) is 0 Å². The Balaban J connectivity index is 2.20. The van der Waals surface area contributed by atoms with Gasteiger partial charge in [-0.25, -0.2) is 4.79 Å². The van der Waals surface area contributed by atoms with E-state index in [4.69, 9.17) is 9.52 Å². The normalized spacial score (nSPS) is 16.9. The Morgan fingerprint density at radius 2 is 2.20 bits per heavy atom. The lowest BCUT2D eigenvalue weighted by Gasteiger charge is -1.99. The highest BCUT2D eigenvalue weighted by molar-refractivity contribution is 5.88. The predicted molar refractivity (Wildman–Crippen MR) is 56.7 cm³/mol. The van der Waals surface area contributed by atoms with Gasteiger partial charge in [-0.3, -0.25) is 0 Å². The first-order valence-electron chi connectivity index (χ1n) is 5.28. The number of rotatable bonds is 2. The van der Waals surface area contributed by atoms with Gasteiger partial charge in [0.2, 0.25) is 0 Å². The van der Waals surface area contributed by atoms with Crippen LogP contribution in [0.2, 0.25) is 0 Å². The molecule has 1 aliphatic carbocycles. The van der Waals surface area contributed by atoms with Gasteiger partial charge in [-0.2, -0.15) is 0 Å². The van der Waals surface area contributed by atoms with E-state index >= 15 is 0 Å². The third-order valence-electron chi connectivity index (χ3n) is 2.70. The first kappa shape index (κ1) is 10.0. The van der Waals surface area contributed by atoms with Crippen molar-refractivity contribution in [3.8, 4) is 0 Å². The van der Waals surface area contributed by atoms with E-state index in [2.05, 4.69) is 6.08 Å². The number of allylic oxidation sites excluding steroid dienone is 2. The molecule has 0 saturated heterocycles. The van der Waals surface area contributed by atoms with Gasteiger partial charge in [-0.1, -0.05) is 12.5 Å². The van der Waals surface area contributed by atoms with Gasteiger partial charge in [0, 0.05) is 0 Å². The number of hydrogen-bond donors (Lipinski definition) is 1. The third kappa shape index (κ3) is 2.29. The summed E-state index contributed by atoms with van der Waals surface area (Å²) in [7, 11) is 0. The van der Waals surface area contributed by atoms with Crippen molar-refractivity contribution >= 4 is 11.5 Å². The lowest BCUT2D eigenvalue weighted by molar-refractivity contribution is 0.0696. The van der Waals surface area contributed by atoms with Crippen LogP contribution in [0.25, 0.3) is 5.57 Å². The van der Waals surface area contributed by atoms with E-state index < -0.39 is 5.97 Å². The SMILES string of the molecule is O=C(O)c1coc(C2=CCCCCC2)c1. The van der Waals surface area contributed by atoms with Crippen LogP contribution in [0, 0.1) is 0 Å². The molecule has 0 fully saturated rings. The van der Waals surface area contributed by atoms with Crippen molar-refractivity contribution in [2.45, 2.75) is 32.1 Å². The van der Waals surface area contributed by atoms with E-state index in [1.165, 1.54) is 19.1 Å². The Labute approximate surface area is 88.4 Å². The molecule has 0 unspecified atom stereocenters. The molecular formula is C12H14O3. The van der Waals surface area contributed by atoms with E-state index in [1.54, 1.807) is 6.07 Å². The van der Waals surface area contributed by atoms with Crippen LogP contribution in [0.1, 0.15) is 48.2 Å². The number of carboxylic acids is 1. The summed E-state index contributed by atoms with van der Waals surface area (Å²) in [5.74, 6) is -0.214. The van der Waals surface area contributed by atoms with Gasteiger partial charge in [-0.05, 0) is 37.3 Å². The standard InChI is InChI=1S/C12H14O3/c13-12(14)10-7-11(15-8-10)9-5-3-1-2-4-6-9/h5,7-8H,1-4,6H2,(H,13,14). The number of furan rings is 1. The minimum atomic E-state index is -0.931. The number of aromatic carboxylic acids is 1. The Morgan fingerprint density at radius 3 is 2.93 bits per heavy atom. The number of carboxylic acid groups (broad SMARTS) is 1. The lowest BCUT2D eigenvalue weighted by atomic mass is 10.1. The van der Waals surface area contributed by atoms with Crippen molar-refractivity contribution < 1.29 is 14.3 Å². The summed E-state index contributed by atoms with van der Waals surface area (Å²) in [4.78, 5) is 10.7. The molecule has 3 heteroatoms. The maximum absolute atomic E-state index is 10.7. The second-order valence-electron chi connectivity index (χ2n) is 3.83. The molecule has 0 radical (unpaired) electrons. The summed E-state index contributed by atoms with van der Waals surface area (Å²) in [6.45, 7) is 0. The molecule has 3 nitrogen and oxygen atoms in total. The average molecular weight is 206 g/mol. The number of carbonyl (C=O) groups is 1. The highest BCUT2D eigenvalue weighted by atomic mass is 16.4. The van der Waals surface area contributed by atoms with Crippen molar-refractivity contribution in [1.82, 2.24) is 0 Å². The number of hydrogen-bond acceptors (Lipinski definition) is 2. The molecule has 15 heavy (non-hydrogen) atoms. The van der Waals surface area contributed by atoms with Gasteiger partial charge in [0.15, 0.2) is 0 Å². The Bertz CT molecular complexity index is 387. The zero-order valence-electron chi connectivity index (χ0n) is 8.53. The zero-order chi connectivity index (χ0) is 10.7. The van der Waals surface area contributed by atoms with E-state index in [1.807, 2.05) is 0 Å². The summed E-state index contributed by atoms with van der Waals surface area (Å²) >= 11 is 0. The Hall–Kier alpha value is -1.51. The van der Waals surface area contributed by atoms with Crippen molar-refractivity contribution in [3.63, 3.8) is 0 Å². The summed E-state index contributed by atoms with van der Waals surface area (Å²) in [6, 6.07) is 1.61. The first-order chi connectivity index (χ1) is 7.27. The van der Waals surface area contributed by atoms with E-state index in [9.17, 15) is 4.79 Å². The third-order valence-corrected chi connectivity index (χ3v) is 2.70. The van der Waals surface area contributed by atoms with Gasteiger partial charge < -0.3 is 9.52 Å². The minimum Gasteiger partial charge on any atom is -0.478 e. The fourth-order valence-corrected chi connectivity index (χ4v) is 1.86. The highest BCUT2D eigenvalue weighted by Gasteiger charge is 2.12. The molecule has 2 rings (SSSR count). The molecule has 1 N–H and O–H groups in total. The summed E-state index contributed by atoms with van der Waals surface area (Å²) in [5, 5.41) is 8.77. The fraction of sp³-hybridized carbons (Fsp3) is 0.417. The molecule has 1 heterocycles. The molecule has 80 valence electrons. The van der Waals surface area contributed by atoms with Gasteiger partial charge in [0.05, 0.1) is 5.56 Å². The minimum absolute atomic E-state index is 0.232. The molecule has 1 aromatic heterocycles. The molecule has 0 saturated carbocycles. The molecule has 0 aliphatic heterocycles. The second-order valence-corrected chi connectivity index (χ2v) is 3.83. The van der Waals surface area contributed by atoms with E-state index in [0.29, 0.717) is 5.76 Å². The van der Waals surface area contributed by atoms with Crippen LogP contribution in [0.4, 0.5) is 0 Å². The molecule has 1 aromatic rings. The highest BCUT2D eigenvalue weighted by Crippen LogP contribution is 2.27. The van der Waals surface area contributed by atoms with Crippen LogP contribution >= 0.6 is 0 Å². The van der Waals surface area contributed by atoms with Crippen LogP contribution in [0.3, 0.4) is 0 Å². The average Bonchev–Trinajstić information content (AvgIpc) is 2.55. The first-order valence-corrected chi connectivity index (χ1v) is 5.28. The van der Waals surface area contributed by atoms with Gasteiger partial charge in [-0.15, -0.1) is 0 Å². The maximum Gasteiger partial charge on any atom is 0.338 e. The van der Waals surface area contributed by atoms with E-state index in [-0.39, 0.29) is 5.56 Å². The summed E-state index contributed by atoms with van der Waals surface area (Å²) in [6.07, 6.45) is 9.16. The van der Waals surface area contributed by atoms with Gasteiger partial charge in [0.1, 0.15) is 12.0 Å².